The lowest BCUT2D eigenvalue weighted by Gasteiger charge is -2.33. The fraction of sp³-hybridized carbons (Fsp3) is 0.364. The molecule has 3 aromatic rings. The van der Waals surface area contributed by atoms with E-state index in [1.165, 1.54) is 13.3 Å². The second-order valence-corrected chi connectivity index (χ2v) is 8.21. The molecule has 1 amide bonds. The van der Waals surface area contributed by atoms with Gasteiger partial charge in [-0.05, 0) is 19.8 Å². The van der Waals surface area contributed by atoms with Crippen molar-refractivity contribution in [3.63, 3.8) is 0 Å². The SMILES string of the molecule is COc1cc(-c2cnc(NC(C)=O)cc2Nc2cc(C)nc(C34COC(C3)C4)n2)ncn1. The number of aryl methyl sites for hydroxylation is 1. The summed E-state index contributed by atoms with van der Waals surface area (Å²) in [5.41, 5.74) is 2.79. The first-order chi connectivity index (χ1) is 15.4. The van der Waals surface area contributed by atoms with Crippen molar-refractivity contribution in [1.29, 1.82) is 0 Å². The van der Waals surface area contributed by atoms with Crippen LogP contribution in [0, 0.1) is 6.92 Å². The number of ether oxygens (including phenoxy) is 2. The average molecular weight is 433 g/mol. The van der Waals surface area contributed by atoms with Gasteiger partial charge in [0.2, 0.25) is 11.8 Å². The van der Waals surface area contributed by atoms with Crippen molar-refractivity contribution in [1.82, 2.24) is 24.9 Å². The third kappa shape index (κ3) is 3.73. The molecule has 1 aliphatic carbocycles. The molecule has 0 atom stereocenters. The predicted molar refractivity (Wildman–Crippen MR) is 117 cm³/mol. The zero-order chi connectivity index (χ0) is 22.3. The van der Waals surface area contributed by atoms with E-state index in [-0.39, 0.29) is 11.3 Å². The number of aromatic nitrogens is 5. The molecule has 32 heavy (non-hydrogen) atoms. The third-order valence-corrected chi connectivity index (χ3v) is 5.76. The largest absolute Gasteiger partial charge is 0.481 e. The quantitative estimate of drug-likeness (QED) is 0.604. The van der Waals surface area contributed by atoms with E-state index in [9.17, 15) is 4.79 Å². The maximum absolute atomic E-state index is 11.6. The van der Waals surface area contributed by atoms with Gasteiger partial charge in [-0.1, -0.05) is 0 Å². The maximum atomic E-state index is 11.6. The van der Waals surface area contributed by atoms with Crippen molar-refractivity contribution in [3.05, 3.63) is 42.2 Å². The Morgan fingerprint density at radius 3 is 2.72 bits per heavy atom. The minimum absolute atomic E-state index is 0.0877. The van der Waals surface area contributed by atoms with Gasteiger partial charge in [0.25, 0.3) is 0 Å². The Kier molecular flexibility index (Phi) is 4.93. The number of nitrogens with zero attached hydrogens (tertiary/aromatic N) is 5. The van der Waals surface area contributed by atoms with Crippen LogP contribution in [0.1, 0.15) is 31.3 Å². The van der Waals surface area contributed by atoms with Crippen molar-refractivity contribution in [3.8, 4) is 17.1 Å². The molecule has 164 valence electrons. The highest BCUT2D eigenvalue weighted by Gasteiger charge is 2.55. The summed E-state index contributed by atoms with van der Waals surface area (Å²) < 4.78 is 11.0. The predicted octanol–water partition coefficient (Wildman–Crippen LogP) is 2.78. The summed E-state index contributed by atoms with van der Waals surface area (Å²) in [6.45, 7) is 4.05. The van der Waals surface area contributed by atoms with Crippen molar-refractivity contribution in [2.24, 2.45) is 0 Å². The number of pyridine rings is 1. The second kappa shape index (κ2) is 7.79. The van der Waals surface area contributed by atoms with Crippen LogP contribution in [-0.4, -0.2) is 50.6 Å². The van der Waals surface area contributed by atoms with Gasteiger partial charge in [-0.3, -0.25) is 4.79 Å². The summed E-state index contributed by atoms with van der Waals surface area (Å²) in [5, 5.41) is 6.09. The molecule has 3 aromatic heterocycles. The summed E-state index contributed by atoms with van der Waals surface area (Å²) in [6.07, 6.45) is 5.33. The fourth-order valence-corrected chi connectivity index (χ4v) is 4.19. The van der Waals surface area contributed by atoms with Gasteiger partial charge >= 0.3 is 0 Å². The van der Waals surface area contributed by atoms with Gasteiger partial charge in [0.15, 0.2) is 0 Å². The van der Waals surface area contributed by atoms with Gasteiger partial charge in [-0.25, -0.2) is 24.9 Å². The Hall–Kier alpha value is -3.66. The molecule has 2 bridgehead atoms. The summed E-state index contributed by atoms with van der Waals surface area (Å²) in [5.74, 6) is 2.10. The van der Waals surface area contributed by atoms with Crippen LogP contribution in [0.15, 0.2) is 30.7 Å². The van der Waals surface area contributed by atoms with Crippen LogP contribution in [0.3, 0.4) is 0 Å². The van der Waals surface area contributed by atoms with Crippen LogP contribution in [0.5, 0.6) is 5.88 Å². The number of fused-ring (bicyclic) bond motifs is 1. The second-order valence-electron chi connectivity index (χ2n) is 8.21. The minimum atomic E-state index is -0.208. The summed E-state index contributed by atoms with van der Waals surface area (Å²) in [7, 11) is 1.55. The third-order valence-electron chi connectivity index (χ3n) is 5.76. The molecule has 3 fully saturated rings. The van der Waals surface area contributed by atoms with Gasteiger partial charge in [0, 0.05) is 42.6 Å². The number of hydrogen-bond acceptors (Lipinski definition) is 9. The first-order valence-corrected chi connectivity index (χ1v) is 10.3. The van der Waals surface area contributed by atoms with Crippen molar-refractivity contribution < 1.29 is 14.3 Å². The number of amides is 1. The van der Waals surface area contributed by atoms with Crippen molar-refractivity contribution in [2.45, 2.75) is 38.2 Å². The lowest BCUT2D eigenvalue weighted by atomic mass is 9.69. The molecular weight excluding hydrogens is 410 g/mol. The minimum Gasteiger partial charge on any atom is -0.481 e. The van der Waals surface area contributed by atoms with Gasteiger partial charge < -0.3 is 20.1 Å². The number of carbonyl (C=O) groups is 1. The first-order valence-electron chi connectivity index (χ1n) is 10.3. The Bertz CT molecular complexity index is 1190. The molecule has 2 aliphatic heterocycles. The molecule has 6 rings (SSSR count). The van der Waals surface area contributed by atoms with E-state index in [2.05, 4.69) is 30.6 Å². The van der Waals surface area contributed by atoms with E-state index in [4.69, 9.17) is 14.5 Å². The van der Waals surface area contributed by atoms with E-state index in [1.807, 2.05) is 13.0 Å². The lowest BCUT2D eigenvalue weighted by Crippen LogP contribution is -2.39. The number of carbonyl (C=O) groups excluding carboxylic acids is 1. The molecule has 0 unspecified atom stereocenters. The molecule has 10 heteroatoms. The Morgan fingerprint density at radius 2 is 2.00 bits per heavy atom. The standard InChI is InChI=1S/C22H23N7O3/c1-12-4-19(29-21(26-12)22-7-14(8-22)32-10-22)28-17-5-18(27-13(2)30)23-9-15(17)16-6-20(31-3)25-11-24-16/h4-6,9,11,14H,7-8,10H2,1-3H3,(H2,23,26,27,28,29,30). The van der Waals surface area contributed by atoms with Crippen LogP contribution in [0.25, 0.3) is 11.3 Å². The van der Waals surface area contributed by atoms with Gasteiger partial charge in [0.1, 0.15) is 23.8 Å². The highest BCUT2D eigenvalue weighted by atomic mass is 16.5. The summed E-state index contributed by atoms with van der Waals surface area (Å²) in [6, 6.07) is 5.36. The van der Waals surface area contributed by atoms with E-state index in [0.717, 1.165) is 24.4 Å². The van der Waals surface area contributed by atoms with Gasteiger partial charge in [0.05, 0.1) is 36.6 Å². The zero-order valence-corrected chi connectivity index (χ0v) is 18.0. The topological polar surface area (TPSA) is 124 Å². The monoisotopic (exact) mass is 433 g/mol. The number of anilines is 3. The Balaban J connectivity index is 1.54. The van der Waals surface area contributed by atoms with Crippen LogP contribution < -0.4 is 15.4 Å². The van der Waals surface area contributed by atoms with Crippen molar-refractivity contribution >= 4 is 23.2 Å². The van der Waals surface area contributed by atoms with Crippen LogP contribution in [-0.2, 0) is 14.9 Å². The molecule has 2 N–H and O–H groups in total. The van der Waals surface area contributed by atoms with Crippen LogP contribution in [0.2, 0.25) is 0 Å². The number of nitrogens with one attached hydrogen (secondary N) is 2. The molecule has 2 saturated heterocycles. The number of rotatable bonds is 6. The fourth-order valence-electron chi connectivity index (χ4n) is 4.19. The average Bonchev–Trinajstić information content (AvgIpc) is 3.36. The van der Waals surface area contributed by atoms with E-state index in [0.29, 0.717) is 47.2 Å². The maximum Gasteiger partial charge on any atom is 0.222 e. The molecule has 10 nitrogen and oxygen atoms in total. The Morgan fingerprint density at radius 1 is 1.16 bits per heavy atom. The molecular formula is C22H23N7O3. The first kappa shape index (κ1) is 20.3. The van der Waals surface area contributed by atoms with Crippen molar-refractivity contribution in [2.75, 3.05) is 24.4 Å². The summed E-state index contributed by atoms with van der Waals surface area (Å²) >= 11 is 0. The smallest absolute Gasteiger partial charge is 0.222 e. The highest BCUT2D eigenvalue weighted by molar-refractivity contribution is 5.89. The number of methoxy groups -OCH3 is 1. The van der Waals surface area contributed by atoms with Gasteiger partial charge in [-0.15, -0.1) is 0 Å². The molecule has 3 aliphatic rings. The van der Waals surface area contributed by atoms with E-state index >= 15 is 0 Å². The molecule has 0 aromatic carbocycles. The zero-order valence-electron chi connectivity index (χ0n) is 18.0. The van der Waals surface area contributed by atoms with E-state index < -0.39 is 0 Å². The number of hydrogen-bond donors (Lipinski definition) is 2. The Labute approximate surface area is 184 Å². The highest BCUT2D eigenvalue weighted by Crippen LogP contribution is 2.50. The molecule has 1 saturated carbocycles. The molecule has 5 heterocycles. The molecule has 0 radical (unpaired) electrons. The normalized spacial score (nSPS) is 21.0. The van der Waals surface area contributed by atoms with E-state index in [1.54, 1.807) is 25.4 Å². The summed E-state index contributed by atoms with van der Waals surface area (Å²) in [4.78, 5) is 33.8. The molecule has 0 spiro atoms. The van der Waals surface area contributed by atoms with Gasteiger partial charge in [-0.2, -0.15) is 0 Å². The lowest BCUT2D eigenvalue weighted by molar-refractivity contribution is -0.114. The van der Waals surface area contributed by atoms with Crippen LogP contribution >= 0.6 is 0 Å². The van der Waals surface area contributed by atoms with Crippen LogP contribution in [0.4, 0.5) is 17.3 Å².